The maximum absolute atomic E-state index is 12.1. The van der Waals surface area contributed by atoms with Crippen molar-refractivity contribution in [3.63, 3.8) is 0 Å². The standard InChI is InChI=1S/C16H28N2O/c17-15-6-2-5-13(15)10-16(19)18-14-8-7-11-3-1-4-12(11)9-14/h11-15H,1-10,17H2,(H,18,19)/t11?,12?,13-,14?,15+/m0/s1. The first-order valence-electron chi connectivity index (χ1n) is 8.27. The first-order chi connectivity index (χ1) is 9.22. The SMILES string of the molecule is N[C@@H]1CCC[C@H]1CC(=O)NC1CCC2CCCC2C1. The van der Waals surface area contributed by atoms with E-state index < -0.39 is 0 Å². The summed E-state index contributed by atoms with van der Waals surface area (Å²) in [6.07, 6.45) is 12.1. The normalized spacial score (nSPS) is 42.1. The first kappa shape index (κ1) is 13.4. The molecule has 0 spiro atoms. The number of rotatable bonds is 3. The minimum atomic E-state index is 0.254. The van der Waals surface area contributed by atoms with E-state index in [1.54, 1.807) is 0 Å². The monoisotopic (exact) mass is 264 g/mol. The van der Waals surface area contributed by atoms with Crippen molar-refractivity contribution in [2.24, 2.45) is 23.5 Å². The van der Waals surface area contributed by atoms with Crippen LogP contribution >= 0.6 is 0 Å². The number of fused-ring (bicyclic) bond motifs is 1. The van der Waals surface area contributed by atoms with Crippen LogP contribution in [0.5, 0.6) is 0 Å². The number of hydrogen-bond acceptors (Lipinski definition) is 2. The smallest absolute Gasteiger partial charge is 0.220 e. The Morgan fingerprint density at radius 3 is 2.58 bits per heavy atom. The largest absolute Gasteiger partial charge is 0.353 e. The molecule has 3 aliphatic carbocycles. The molecule has 3 N–H and O–H groups in total. The Kier molecular flexibility index (Phi) is 4.11. The Morgan fingerprint density at radius 1 is 1.00 bits per heavy atom. The molecule has 0 aromatic rings. The molecule has 5 atom stereocenters. The Bertz CT molecular complexity index is 331. The van der Waals surface area contributed by atoms with E-state index in [0.29, 0.717) is 18.4 Å². The summed E-state index contributed by atoms with van der Waals surface area (Å²) >= 11 is 0. The minimum Gasteiger partial charge on any atom is -0.353 e. The highest BCUT2D eigenvalue weighted by atomic mass is 16.1. The molecule has 3 saturated carbocycles. The van der Waals surface area contributed by atoms with Gasteiger partial charge in [0.1, 0.15) is 0 Å². The van der Waals surface area contributed by atoms with Crippen molar-refractivity contribution < 1.29 is 4.79 Å². The summed E-state index contributed by atoms with van der Waals surface area (Å²) in [6, 6.07) is 0.709. The van der Waals surface area contributed by atoms with Gasteiger partial charge in [-0.15, -0.1) is 0 Å². The lowest BCUT2D eigenvalue weighted by Crippen LogP contribution is -2.41. The number of carbonyl (C=O) groups excluding carboxylic acids is 1. The topological polar surface area (TPSA) is 55.1 Å². The highest BCUT2D eigenvalue weighted by molar-refractivity contribution is 5.76. The molecule has 0 radical (unpaired) electrons. The number of hydrogen-bond donors (Lipinski definition) is 2. The Labute approximate surface area is 116 Å². The van der Waals surface area contributed by atoms with Crippen molar-refractivity contribution in [3.8, 4) is 0 Å². The van der Waals surface area contributed by atoms with Gasteiger partial charge in [0.15, 0.2) is 0 Å². The molecule has 3 fully saturated rings. The summed E-state index contributed by atoms with van der Waals surface area (Å²) in [5, 5.41) is 3.28. The molecule has 1 amide bonds. The fourth-order valence-corrected chi connectivity index (χ4v) is 4.68. The highest BCUT2D eigenvalue weighted by Gasteiger charge is 2.34. The fraction of sp³-hybridized carbons (Fsp3) is 0.938. The zero-order chi connectivity index (χ0) is 13.2. The van der Waals surface area contributed by atoms with Crippen molar-refractivity contribution in [1.29, 1.82) is 0 Å². The fourth-order valence-electron chi connectivity index (χ4n) is 4.68. The van der Waals surface area contributed by atoms with Crippen molar-refractivity contribution in [2.45, 2.75) is 76.3 Å². The van der Waals surface area contributed by atoms with Crippen LogP contribution in [0.25, 0.3) is 0 Å². The quantitative estimate of drug-likeness (QED) is 0.823. The second-order valence-electron chi connectivity index (χ2n) is 7.09. The second-order valence-corrected chi connectivity index (χ2v) is 7.09. The van der Waals surface area contributed by atoms with Gasteiger partial charge in [0.25, 0.3) is 0 Å². The third kappa shape index (κ3) is 3.13. The Hall–Kier alpha value is -0.570. The average Bonchev–Trinajstić information content (AvgIpc) is 2.98. The number of nitrogens with one attached hydrogen (secondary N) is 1. The number of carbonyl (C=O) groups is 1. The highest BCUT2D eigenvalue weighted by Crippen LogP contribution is 2.42. The molecule has 19 heavy (non-hydrogen) atoms. The third-order valence-corrected chi connectivity index (χ3v) is 5.82. The summed E-state index contributed by atoms with van der Waals surface area (Å²) in [6.45, 7) is 0. The van der Waals surface area contributed by atoms with E-state index in [2.05, 4.69) is 5.32 Å². The van der Waals surface area contributed by atoms with Gasteiger partial charge in [0, 0.05) is 18.5 Å². The van der Waals surface area contributed by atoms with Crippen LogP contribution in [0.3, 0.4) is 0 Å². The van der Waals surface area contributed by atoms with E-state index in [1.807, 2.05) is 0 Å². The van der Waals surface area contributed by atoms with Crippen LogP contribution in [0.15, 0.2) is 0 Å². The van der Waals surface area contributed by atoms with Crippen molar-refractivity contribution >= 4 is 5.91 Å². The lowest BCUT2D eigenvalue weighted by Gasteiger charge is -2.32. The van der Waals surface area contributed by atoms with Crippen LogP contribution in [0, 0.1) is 17.8 Å². The van der Waals surface area contributed by atoms with Crippen LogP contribution in [-0.2, 0) is 4.79 Å². The maximum Gasteiger partial charge on any atom is 0.220 e. The first-order valence-corrected chi connectivity index (χ1v) is 8.27. The van der Waals surface area contributed by atoms with Crippen LogP contribution < -0.4 is 11.1 Å². The van der Waals surface area contributed by atoms with Gasteiger partial charge in [-0.05, 0) is 49.9 Å². The molecule has 0 aromatic heterocycles. The molecule has 108 valence electrons. The predicted molar refractivity (Wildman–Crippen MR) is 76.5 cm³/mol. The molecule has 0 aliphatic heterocycles. The van der Waals surface area contributed by atoms with Crippen LogP contribution in [0.2, 0.25) is 0 Å². The molecule has 3 aliphatic rings. The minimum absolute atomic E-state index is 0.254. The van der Waals surface area contributed by atoms with Gasteiger partial charge in [-0.1, -0.05) is 25.7 Å². The van der Waals surface area contributed by atoms with Gasteiger partial charge < -0.3 is 11.1 Å². The van der Waals surface area contributed by atoms with Crippen LogP contribution in [0.1, 0.15) is 64.2 Å². The van der Waals surface area contributed by atoms with E-state index in [1.165, 1.54) is 44.9 Å². The van der Waals surface area contributed by atoms with E-state index >= 15 is 0 Å². The Morgan fingerprint density at radius 2 is 1.79 bits per heavy atom. The molecule has 3 rings (SSSR count). The van der Waals surface area contributed by atoms with Crippen LogP contribution in [-0.4, -0.2) is 18.0 Å². The van der Waals surface area contributed by atoms with Gasteiger partial charge in [-0.3, -0.25) is 4.79 Å². The number of nitrogens with two attached hydrogens (primary N) is 1. The lowest BCUT2D eigenvalue weighted by molar-refractivity contribution is -0.123. The van der Waals surface area contributed by atoms with Gasteiger partial charge in [-0.2, -0.15) is 0 Å². The molecule has 0 aromatic carbocycles. The molecule has 0 bridgehead atoms. The van der Waals surface area contributed by atoms with Gasteiger partial charge in [-0.25, -0.2) is 0 Å². The maximum atomic E-state index is 12.1. The van der Waals surface area contributed by atoms with Gasteiger partial charge >= 0.3 is 0 Å². The molecule has 0 saturated heterocycles. The summed E-state index contributed by atoms with van der Waals surface area (Å²) in [7, 11) is 0. The second kappa shape index (κ2) is 5.82. The zero-order valence-corrected chi connectivity index (χ0v) is 11.9. The molecular formula is C16H28N2O. The van der Waals surface area contributed by atoms with Crippen molar-refractivity contribution in [1.82, 2.24) is 5.32 Å². The van der Waals surface area contributed by atoms with Gasteiger partial charge in [0.05, 0.1) is 0 Å². The predicted octanol–water partition coefficient (Wildman–Crippen LogP) is 2.59. The molecule has 3 nitrogen and oxygen atoms in total. The van der Waals surface area contributed by atoms with E-state index in [0.717, 1.165) is 24.7 Å². The van der Waals surface area contributed by atoms with Crippen molar-refractivity contribution in [3.05, 3.63) is 0 Å². The van der Waals surface area contributed by atoms with Gasteiger partial charge in [0.2, 0.25) is 5.91 Å². The van der Waals surface area contributed by atoms with E-state index in [-0.39, 0.29) is 11.9 Å². The van der Waals surface area contributed by atoms with Crippen LogP contribution in [0.4, 0.5) is 0 Å². The summed E-state index contributed by atoms with van der Waals surface area (Å²) in [5.41, 5.74) is 6.05. The Balaban J connectivity index is 1.44. The average molecular weight is 264 g/mol. The molecule has 3 heteroatoms. The molecule has 3 unspecified atom stereocenters. The number of amides is 1. The lowest BCUT2D eigenvalue weighted by atomic mass is 9.79. The summed E-state index contributed by atoms with van der Waals surface area (Å²) in [4.78, 5) is 12.1. The van der Waals surface area contributed by atoms with E-state index in [4.69, 9.17) is 5.73 Å². The van der Waals surface area contributed by atoms with Crippen molar-refractivity contribution in [2.75, 3.05) is 0 Å². The molecular weight excluding hydrogens is 236 g/mol. The third-order valence-electron chi connectivity index (χ3n) is 5.82. The van der Waals surface area contributed by atoms with E-state index in [9.17, 15) is 4.79 Å². The summed E-state index contributed by atoms with van der Waals surface area (Å²) in [5.74, 6) is 2.55. The zero-order valence-electron chi connectivity index (χ0n) is 11.9. The summed E-state index contributed by atoms with van der Waals surface area (Å²) < 4.78 is 0. The molecule has 0 heterocycles.